The van der Waals surface area contributed by atoms with Gasteiger partial charge in [0.2, 0.25) is 5.91 Å². The third kappa shape index (κ3) is 8.87. The van der Waals surface area contributed by atoms with Crippen molar-refractivity contribution in [2.45, 2.75) is 89.5 Å². The molecule has 3 aliphatic carbocycles. The maximum Gasteiger partial charge on any atom is 0.415 e. The summed E-state index contributed by atoms with van der Waals surface area (Å²) >= 11 is 0. The van der Waals surface area contributed by atoms with Crippen molar-refractivity contribution in [2.24, 2.45) is 16.9 Å². The lowest BCUT2D eigenvalue weighted by Gasteiger charge is -2.35. The number of aliphatic hydroxyl groups is 1. The van der Waals surface area contributed by atoms with Gasteiger partial charge < -0.3 is 36.5 Å². The van der Waals surface area contributed by atoms with Gasteiger partial charge in [0.25, 0.3) is 0 Å². The average molecular weight is 614 g/mol. The Hall–Kier alpha value is -4.29. The fraction of sp³-hybridized carbons (Fsp3) is 0.469. The van der Waals surface area contributed by atoms with E-state index >= 15 is 0 Å². The van der Waals surface area contributed by atoms with Crippen molar-refractivity contribution in [3.05, 3.63) is 71.8 Å². The maximum absolute atomic E-state index is 11.6. The monoisotopic (exact) mass is 613 g/mol. The van der Waals surface area contributed by atoms with Gasteiger partial charge in [0.15, 0.2) is 0 Å². The lowest BCUT2D eigenvalue weighted by atomic mass is 9.68. The van der Waals surface area contributed by atoms with E-state index in [9.17, 15) is 24.0 Å². The number of esters is 2. The topological polar surface area (TPSA) is 208 Å². The fourth-order valence-electron chi connectivity index (χ4n) is 4.62. The van der Waals surface area contributed by atoms with Crippen LogP contribution < -0.4 is 16.8 Å². The normalized spacial score (nSPS) is 18.9. The molecule has 240 valence electrons. The fourth-order valence-corrected chi connectivity index (χ4v) is 4.62. The van der Waals surface area contributed by atoms with Crippen molar-refractivity contribution in [2.75, 3.05) is 0 Å². The standard InChI is InChI=1S/C12H15NO2.C7H8O.C6H7NO3.C6H9NO3.CH4/c13-12(7-4-8-12)11(14)15-9-10-5-2-1-3-6-10;8-6-7-4-2-1-3-5-7;8-4-6(2-1-3-6)7-5(9)10-4;7-4(8)6(5(9)10)2-1-3-6;/h1-3,5-6H,4,7-9,13H2;1-5,8H,6H2;1-3H2,(H,7,9);1-3H2,(H2,7,8)(H,9,10);1H4. The second-order valence-electron chi connectivity index (χ2n) is 11.1. The van der Waals surface area contributed by atoms with Gasteiger partial charge in [-0.15, -0.1) is 0 Å². The molecule has 0 unspecified atom stereocenters. The van der Waals surface area contributed by atoms with E-state index in [-0.39, 0.29) is 20.0 Å². The molecule has 7 N–H and O–H groups in total. The van der Waals surface area contributed by atoms with Crippen LogP contribution in [0.5, 0.6) is 0 Å². The smallest absolute Gasteiger partial charge is 0.415 e. The summed E-state index contributed by atoms with van der Waals surface area (Å²) in [6, 6.07) is 19.2. The molecule has 3 saturated carbocycles. The first-order valence-electron chi connectivity index (χ1n) is 14.2. The number of rotatable bonds is 6. The SMILES string of the molecule is C.NC(=O)C1(C(=O)O)CCC1.NC1(C(=O)OCc2ccccc2)CCC1.O=C1NC2(CCC2)C(=O)O1.OCc1ccccc1. The van der Waals surface area contributed by atoms with Crippen molar-refractivity contribution < 1.29 is 43.7 Å². The number of alkyl carbamates (subject to hydrolysis) is 1. The number of aliphatic carboxylic acids is 1. The van der Waals surface area contributed by atoms with Crippen molar-refractivity contribution in [3.8, 4) is 0 Å². The number of ether oxygens (including phenoxy) is 2. The molecule has 6 rings (SSSR count). The number of primary amides is 1. The molecule has 12 nitrogen and oxygen atoms in total. The number of aliphatic hydroxyl groups excluding tert-OH is 1. The molecular formula is C32H43N3O9. The highest BCUT2D eigenvalue weighted by Crippen LogP contribution is 2.40. The second-order valence-corrected chi connectivity index (χ2v) is 11.1. The summed E-state index contributed by atoms with van der Waals surface area (Å²) in [5.41, 5.74) is 10.2. The number of carbonyl (C=O) groups excluding carboxylic acids is 4. The van der Waals surface area contributed by atoms with Gasteiger partial charge in [-0.05, 0) is 62.5 Å². The van der Waals surface area contributed by atoms with E-state index in [0.29, 0.717) is 19.4 Å². The predicted molar refractivity (Wildman–Crippen MR) is 160 cm³/mol. The first-order chi connectivity index (χ1) is 20.5. The number of nitrogens with two attached hydrogens (primary N) is 2. The van der Waals surface area contributed by atoms with Gasteiger partial charge in [-0.1, -0.05) is 74.5 Å². The average Bonchev–Trinajstić information content (AvgIpc) is 3.25. The molecule has 0 bridgehead atoms. The van der Waals surface area contributed by atoms with Crippen LogP contribution in [0.15, 0.2) is 60.7 Å². The van der Waals surface area contributed by atoms with E-state index in [4.69, 9.17) is 26.4 Å². The predicted octanol–water partition coefficient (Wildman–Crippen LogP) is 3.33. The minimum absolute atomic E-state index is 0. The molecule has 2 aromatic carbocycles. The molecule has 1 heterocycles. The van der Waals surface area contributed by atoms with Gasteiger partial charge in [-0.3, -0.25) is 14.4 Å². The van der Waals surface area contributed by atoms with Crippen molar-refractivity contribution >= 4 is 29.9 Å². The Balaban J connectivity index is 0.000000209. The lowest BCUT2D eigenvalue weighted by Crippen LogP contribution is -2.54. The molecule has 44 heavy (non-hydrogen) atoms. The quantitative estimate of drug-likeness (QED) is 0.237. The minimum atomic E-state index is -1.22. The largest absolute Gasteiger partial charge is 0.480 e. The summed E-state index contributed by atoms with van der Waals surface area (Å²) in [4.78, 5) is 54.0. The molecule has 2 amide bonds. The lowest BCUT2D eigenvalue weighted by molar-refractivity contribution is -0.160. The summed E-state index contributed by atoms with van der Waals surface area (Å²) in [5.74, 6) is -2.45. The van der Waals surface area contributed by atoms with Crippen LogP contribution >= 0.6 is 0 Å². The highest BCUT2D eigenvalue weighted by Gasteiger charge is 2.53. The molecule has 0 atom stereocenters. The molecule has 4 fully saturated rings. The van der Waals surface area contributed by atoms with Crippen LogP contribution in [-0.2, 0) is 41.9 Å². The Labute approximate surface area is 257 Å². The van der Waals surface area contributed by atoms with Gasteiger partial charge in [-0.25, -0.2) is 9.59 Å². The van der Waals surface area contributed by atoms with Crippen molar-refractivity contribution in [3.63, 3.8) is 0 Å². The zero-order chi connectivity index (χ0) is 31.5. The van der Waals surface area contributed by atoms with Crippen LogP contribution in [-0.4, -0.2) is 51.2 Å². The number of hydrogen-bond donors (Lipinski definition) is 5. The molecule has 0 aromatic heterocycles. The number of benzene rings is 2. The van der Waals surface area contributed by atoms with Crippen LogP contribution in [0.1, 0.15) is 76.3 Å². The summed E-state index contributed by atoms with van der Waals surface area (Å²) < 4.78 is 9.50. The summed E-state index contributed by atoms with van der Waals surface area (Å²) in [6.45, 7) is 0.458. The molecular weight excluding hydrogens is 570 g/mol. The first kappa shape index (κ1) is 35.9. The minimum Gasteiger partial charge on any atom is -0.480 e. The Morgan fingerprint density at radius 3 is 1.59 bits per heavy atom. The maximum atomic E-state index is 11.6. The number of hydrogen-bond acceptors (Lipinski definition) is 9. The Morgan fingerprint density at radius 2 is 1.34 bits per heavy atom. The van der Waals surface area contributed by atoms with E-state index in [2.05, 4.69) is 10.1 Å². The number of carboxylic acids is 1. The molecule has 12 heteroatoms. The van der Waals surface area contributed by atoms with Crippen LogP contribution in [0.4, 0.5) is 4.79 Å². The van der Waals surface area contributed by atoms with E-state index in [1.54, 1.807) is 0 Å². The van der Waals surface area contributed by atoms with E-state index in [0.717, 1.165) is 56.1 Å². The second kappa shape index (κ2) is 16.0. The summed E-state index contributed by atoms with van der Waals surface area (Å²) in [6.07, 6.45) is 5.98. The highest BCUT2D eigenvalue weighted by atomic mass is 16.6. The number of nitrogens with one attached hydrogen (secondary N) is 1. The third-order valence-electron chi connectivity index (χ3n) is 8.10. The molecule has 1 aliphatic heterocycles. The van der Waals surface area contributed by atoms with Gasteiger partial charge in [0, 0.05) is 0 Å². The van der Waals surface area contributed by atoms with Crippen LogP contribution in [0, 0.1) is 5.41 Å². The van der Waals surface area contributed by atoms with Gasteiger partial charge in [-0.2, -0.15) is 0 Å². The van der Waals surface area contributed by atoms with Crippen molar-refractivity contribution in [1.82, 2.24) is 5.32 Å². The molecule has 2 aromatic rings. The van der Waals surface area contributed by atoms with Crippen molar-refractivity contribution in [1.29, 1.82) is 0 Å². The number of cyclic esters (lactones) is 2. The number of carbonyl (C=O) groups is 5. The van der Waals surface area contributed by atoms with Gasteiger partial charge >= 0.3 is 24.0 Å². The molecule has 0 radical (unpaired) electrons. The Kier molecular flexibility index (Phi) is 13.0. The number of amides is 2. The molecule has 4 aliphatic rings. The summed E-state index contributed by atoms with van der Waals surface area (Å²) in [5, 5.41) is 19.6. The molecule has 1 saturated heterocycles. The van der Waals surface area contributed by atoms with E-state index in [1.807, 2.05) is 60.7 Å². The van der Waals surface area contributed by atoms with E-state index < -0.39 is 40.4 Å². The zero-order valence-corrected chi connectivity index (χ0v) is 24.0. The highest BCUT2D eigenvalue weighted by molar-refractivity contribution is 6.02. The van der Waals surface area contributed by atoms with E-state index in [1.165, 1.54) is 0 Å². The van der Waals surface area contributed by atoms with Crippen LogP contribution in [0.3, 0.4) is 0 Å². The van der Waals surface area contributed by atoms with Crippen LogP contribution in [0.25, 0.3) is 0 Å². The van der Waals surface area contributed by atoms with Gasteiger partial charge in [0.05, 0.1) is 6.61 Å². The third-order valence-corrected chi connectivity index (χ3v) is 8.10. The van der Waals surface area contributed by atoms with Crippen LogP contribution in [0.2, 0.25) is 0 Å². The Morgan fingerprint density at radius 1 is 0.841 bits per heavy atom. The first-order valence-corrected chi connectivity index (χ1v) is 14.2. The number of carboxylic acid groups (broad SMARTS) is 1. The molecule has 1 spiro atoms. The summed E-state index contributed by atoms with van der Waals surface area (Å²) in [7, 11) is 0. The van der Waals surface area contributed by atoms with Gasteiger partial charge in [0.1, 0.15) is 23.1 Å². The zero-order valence-electron chi connectivity index (χ0n) is 24.0. The Bertz CT molecular complexity index is 1260.